The normalized spacial score (nSPS) is 11.5. The van der Waals surface area contributed by atoms with Crippen LogP contribution in [0.1, 0.15) is 71.1 Å². The van der Waals surface area contributed by atoms with Gasteiger partial charge < -0.3 is 9.90 Å². The molecule has 0 saturated heterocycles. The maximum absolute atomic E-state index is 10.2. The number of unbranched alkanes of at least 4 members (excludes halogenated alkanes) is 5. The standard InChI is InChI=1S/C18H30O2.Zn/c1-2-3-4-5-6-7-8-9-10-11-12-13-14-15-16-17-18(19)20;/h3-4,6-7,9-10H,2,5,8,11-17H2,1H3,(H,19,20);/p-1/b4-3-,7-6-,10-9-;. The zero-order chi connectivity index (χ0) is 14.9. The van der Waals surface area contributed by atoms with Crippen molar-refractivity contribution in [1.82, 2.24) is 0 Å². The van der Waals surface area contributed by atoms with Crippen molar-refractivity contribution in [3.05, 3.63) is 36.5 Å². The zero-order valence-corrected chi connectivity index (χ0v) is 16.5. The van der Waals surface area contributed by atoms with Gasteiger partial charge in [0.2, 0.25) is 0 Å². The first kappa shape index (κ1) is 22.6. The average molecular weight is 343 g/mol. The quantitative estimate of drug-likeness (QED) is 0.284. The third-order valence-electron chi connectivity index (χ3n) is 3.03. The molecular weight excluding hydrogens is 314 g/mol. The van der Waals surface area contributed by atoms with Crippen LogP contribution in [0.4, 0.5) is 0 Å². The van der Waals surface area contributed by atoms with Crippen molar-refractivity contribution in [2.75, 3.05) is 0 Å². The van der Waals surface area contributed by atoms with Crippen LogP contribution in [-0.4, -0.2) is 5.97 Å². The number of rotatable bonds is 13. The molecule has 0 aromatic heterocycles. The Balaban J connectivity index is 0. The number of hydrogen-bond donors (Lipinski definition) is 0. The molecule has 3 heteroatoms. The van der Waals surface area contributed by atoms with Crippen LogP contribution in [0.15, 0.2) is 36.5 Å². The van der Waals surface area contributed by atoms with Crippen molar-refractivity contribution in [3.63, 3.8) is 0 Å². The summed E-state index contributed by atoms with van der Waals surface area (Å²) in [5.74, 6) is -0.925. The Morgan fingerprint density at radius 2 is 1.33 bits per heavy atom. The van der Waals surface area contributed by atoms with Crippen LogP contribution in [0.25, 0.3) is 0 Å². The molecule has 0 aromatic rings. The van der Waals surface area contributed by atoms with Crippen LogP contribution in [-0.2, 0) is 24.3 Å². The topological polar surface area (TPSA) is 40.1 Å². The van der Waals surface area contributed by atoms with Crippen molar-refractivity contribution in [2.24, 2.45) is 0 Å². The molecule has 0 fully saturated rings. The molecule has 0 heterocycles. The Kier molecular flexibility index (Phi) is 20.8. The molecule has 116 valence electrons. The minimum atomic E-state index is -0.925. The fourth-order valence-electron chi connectivity index (χ4n) is 1.89. The van der Waals surface area contributed by atoms with Crippen molar-refractivity contribution in [3.8, 4) is 0 Å². The molecule has 0 atom stereocenters. The van der Waals surface area contributed by atoms with Gasteiger partial charge in [0.25, 0.3) is 0 Å². The predicted molar refractivity (Wildman–Crippen MR) is 84.3 cm³/mol. The molecule has 0 aliphatic carbocycles. The molecule has 0 rings (SSSR count). The minimum absolute atomic E-state index is 0. The van der Waals surface area contributed by atoms with E-state index in [1.807, 2.05) is 0 Å². The van der Waals surface area contributed by atoms with Gasteiger partial charge in [-0.3, -0.25) is 0 Å². The molecule has 0 bridgehead atoms. The molecular formula is C18H29O2Zn-. The van der Waals surface area contributed by atoms with E-state index in [9.17, 15) is 9.90 Å². The zero-order valence-electron chi connectivity index (χ0n) is 13.6. The summed E-state index contributed by atoms with van der Waals surface area (Å²) in [5.41, 5.74) is 0. The van der Waals surface area contributed by atoms with E-state index in [0.717, 1.165) is 44.9 Å². The van der Waals surface area contributed by atoms with Gasteiger partial charge >= 0.3 is 0 Å². The van der Waals surface area contributed by atoms with Gasteiger partial charge in [-0.25, -0.2) is 0 Å². The Hall–Kier alpha value is -0.687. The Bertz CT molecular complexity index is 306. The molecule has 2 nitrogen and oxygen atoms in total. The average Bonchev–Trinajstić information content (AvgIpc) is 2.43. The summed E-state index contributed by atoms with van der Waals surface area (Å²) in [6.45, 7) is 2.15. The fraction of sp³-hybridized carbons (Fsp3) is 0.611. The first-order valence-corrected chi connectivity index (χ1v) is 7.92. The first-order valence-electron chi connectivity index (χ1n) is 7.92. The summed E-state index contributed by atoms with van der Waals surface area (Å²) < 4.78 is 0. The molecule has 0 spiro atoms. The van der Waals surface area contributed by atoms with Crippen LogP contribution in [0, 0.1) is 0 Å². The van der Waals surface area contributed by atoms with Crippen molar-refractivity contribution >= 4 is 5.97 Å². The fourth-order valence-corrected chi connectivity index (χ4v) is 1.89. The smallest absolute Gasteiger partial charge is 0.0414 e. The molecule has 0 aromatic carbocycles. The molecule has 0 unspecified atom stereocenters. The maximum Gasteiger partial charge on any atom is 0.0414 e. The van der Waals surface area contributed by atoms with Gasteiger partial charge in [0.1, 0.15) is 0 Å². The number of carboxylic acid groups (broad SMARTS) is 1. The van der Waals surface area contributed by atoms with Crippen LogP contribution < -0.4 is 5.11 Å². The third-order valence-corrected chi connectivity index (χ3v) is 3.03. The molecule has 0 radical (unpaired) electrons. The summed E-state index contributed by atoms with van der Waals surface area (Å²) in [6.07, 6.45) is 23.0. The van der Waals surface area contributed by atoms with E-state index in [2.05, 4.69) is 43.4 Å². The Labute approximate surface area is 143 Å². The number of allylic oxidation sites excluding steroid dienone is 6. The van der Waals surface area contributed by atoms with E-state index in [4.69, 9.17) is 0 Å². The first-order chi connectivity index (χ1) is 9.77. The van der Waals surface area contributed by atoms with E-state index in [-0.39, 0.29) is 25.9 Å². The minimum Gasteiger partial charge on any atom is -0.550 e. The summed E-state index contributed by atoms with van der Waals surface area (Å²) in [6, 6.07) is 0. The second-order valence-electron chi connectivity index (χ2n) is 4.97. The summed E-state index contributed by atoms with van der Waals surface area (Å²) in [7, 11) is 0. The Morgan fingerprint density at radius 1 is 0.810 bits per heavy atom. The predicted octanol–water partition coefficient (Wildman–Crippen LogP) is 4.32. The number of carboxylic acids is 1. The molecule has 0 saturated carbocycles. The molecule has 0 amide bonds. The maximum atomic E-state index is 10.2. The van der Waals surface area contributed by atoms with Crippen LogP contribution in [0.3, 0.4) is 0 Å². The largest absolute Gasteiger partial charge is 0.550 e. The van der Waals surface area contributed by atoms with Gasteiger partial charge in [-0.1, -0.05) is 62.6 Å². The van der Waals surface area contributed by atoms with E-state index in [0.29, 0.717) is 0 Å². The monoisotopic (exact) mass is 341 g/mol. The number of aliphatic carboxylic acids is 1. The van der Waals surface area contributed by atoms with E-state index in [1.165, 1.54) is 12.8 Å². The number of carbonyl (C=O) groups excluding carboxylic acids is 1. The van der Waals surface area contributed by atoms with Crippen LogP contribution >= 0.6 is 0 Å². The van der Waals surface area contributed by atoms with Gasteiger partial charge in [-0.2, -0.15) is 0 Å². The van der Waals surface area contributed by atoms with Crippen molar-refractivity contribution in [2.45, 2.75) is 71.1 Å². The Morgan fingerprint density at radius 3 is 1.95 bits per heavy atom. The SMILES string of the molecule is CC/C=C\C/C=C\C/C=C\CCCCCCCC(=O)[O-].[Zn]. The van der Waals surface area contributed by atoms with E-state index in [1.54, 1.807) is 0 Å². The summed E-state index contributed by atoms with van der Waals surface area (Å²) in [4.78, 5) is 10.2. The molecule has 0 N–H and O–H groups in total. The van der Waals surface area contributed by atoms with Gasteiger partial charge in [0.15, 0.2) is 0 Å². The van der Waals surface area contributed by atoms with Crippen LogP contribution in [0.2, 0.25) is 0 Å². The molecule has 0 aliphatic rings. The van der Waals surface area contributed by atoms with E-state index >= 15 is 0 Å². The summed E-state index contributed by atoms with van der Waals surface area (Å²) in [5, 5.41) is 10.2. The summed E-state index contributed by atoms with van der Waals surface area (Å²) >= 11 is 0. The van der Waals surface area contributed by atoms with E-state index < -0.39 is 5.97 Å². The van der Waals surface area contributed by atoms with Crippen molar-refractivity contribution < 1.29 is 29.4 Å². The number of hydrogen-bond acceptors (Lipinski definition) is 2. The van der Waals surface area contributed by atoms with Gasteiger partial charge in [0.05, 0.1) is 0 Å². The van der Waals surface area contributed by atoms with Gasteiger partial charge in [-0.15, -0.1) is 0 Å². The van der Waals surface area contributed by atoms with Crippen molar-refractivity contribution in [1.29, 1.82) is 0 Å². The second kappa shape index (κ2) is 19.3. The third kappa shape index (κ3) is 21.8. The molecule has 0 aliphatic heterocycles. The number of carbonyl (C=O) groups is 1. The van der Waals surface area contributed by atoms with Gasteiger partial charge in [-0.05, 0) is 44.9 Å². The van der Waals surface area contributed by atoms with Gasteiger partial charge in [0, 0.05) is 25.4 Å². The van der Waals surface area contributed by atoms with Crippen LogP contribution in [0.5, 0.6) is 0 Å². The second-order valence-corrected chi connectivity index (χ2v) is 4.97. The molecule has 21 heavy (non-hydrogen) atoms.